The lowest BCUT2D eigenvalue weighted by Gasteiger charge is -2.35. The lowest BCUT2D eigenvalue weighted by molar-refractivity contribution is -0.154. The second kappa shape index (κ2) is 8.12. The highest BCUT2D eigenvalue weighted by Gasteiger charge is 2.31. The van der Waals surface area contributed by atoms with E-state index in [4.69, 9.17) is 9.47 Å². The van der Waals surface area contributed by atoms with Gasteiger partial charge in [-0.1, -0.05) is 6.92 Å². The molecule has 0 aromatic heterocycles. The molecular formula is C13H24N2O4. The second-order valence-electron chi connectivity index (χ2n) is 4.62. The lowest BCUT2D eigenvalue weighted by Crippen LogP contribution is -2.56. The molecule has 6 heteroatoms. The Hall–Kier alpha value is -1.14. The van der Waals surface area contributed by atoms with Crippen LogP contribution in [-0.2, 0) is 19.1 Å². The summed E-state index contributed by atoms with van der Waals surface area (Å²) in [5.74, 6) is -0.690. The molecule has 1 fully saturated rings. The van der Waals surface area contributed by atoms with Gasteiger partial charge in [0.15, 0.2) is 0 Å². The van der Waals surface area contributed by atoms with Gasteiger partial charge in [0.1, 0.15) is 6.04 Å². The van der Waals surface area contributed by atoms with Crippen molar-refractivity contribution in [2.45, 2.75) is 26.8 Å². The normalized spacial score (nSPS) is 21.7. The molecule has 2 unspecified atom stereocenters. The molecule has 1 aliphatic rings. The standard InChI is InChI=1S/C13H24N2O4/c1-4-18-12(16)10(3)9-15-7-6-14-8-11(15)13(17)19-5-2/h10-11,14H,4-9H2,1-3H3. The van der Waals surface area contributed by atoms with Crippen molar-refractivity contribution in [2.75, 3.05) is 39.4 Å². The molecule has 6 nitrogen and oxygen atoms in total. The van der Waals surface area contributed by atoms with Gasteiger partial charge in [-0.2, -0.15) is 0 Å². The number of carbonyl (C=O) groups is 2. The van der Waals surface area contributed by atoms with Crippen LogP contribution in [0.3, 0.4) is 0 Å². The number of hydrogen-bond donors (Lipinski definition) is 1. The fraction of sp³-hybridized carbons (Fsp3) is 0.846. The van der Waals surface area contributed by atoms with Crippen molar-refractivity contribution in [2.24, 2.45) is 5.92 Å². The number of ether oxygens (including phenoxy) is 2. The third kappa shape index (κ3) is 4.80. The molecule has 0 aromatic rings. The van der Waals surface area contributed by atoms with Crippen molar-refractivity contribution in [3.8, 4) is 0 Å². The van der Waals surface area contributed by atoms with Gasteiger partial charge in [0.2, 0.25) is 0 Å². The molecule has 0 radical (unpaired) electrons. The maximum atomic E-state index is 11.9. The van der Waals surface area contributed by atoms with E-state index in [0.717, 1.165) is 13.1 Å². The Labute approximate surface area is 114 Å². The molecule has 0 bridgehead atoms. The van der Waals surface area contributed by atoms with Crippen LogP contribution < -0.4 is 5.32 Å². The fourth-order valence-electron chi connectivity index (χ4n) is 2.15. The van der Waals surface area contributed by atoms with Crippen LogP contribution >= 0.6 is 0 Å². The van der Waals surface area contributed by atoms with Crippen molar-refractivity contribution < 1.29 is 19.1 Å². The predicted molar refractivity (Wildman–Crippen MR) is 70.7 cm³/mol. The average molecular weight is 272 g/mol. The van der Waals surface area contributed by atoms with Gasteiger partial charge >= 0.3 is 11.9 Å². The first-order chi connectivity index (χ1) is 9.10. The van der Waals surface area contributed by atoms with Crippen molar-refractivity contribution in [1.82, 2.24) is 10.2 Å². The van der Waals surface area contributed by atoms with E-state index in [0.29, 0.717) is 26.3 Å². The quantitative estimate of drug-likeness (QED) is 0.688. The van der Waals surface area contributed by atoms with E-state index in [1.54, 1.807) is 13.8 Å². The van der Waals surface area contributed by atoms with Gasteiger partial charge in [-0.25, -0.2) is 0 Å². The number of nitrogens with one attached hydrogen (secondary N) is 1. The molecule has 19 heavy (non-hydrogen) atoms. The van der Waals surface area contributed by atoms with Crippen LogP contribution in [0.5, 0.6) is 0 Å². The van der Waals surface area contributed by atoms with E-state index in [9.17, 15) is 9.59 Å². The molecule has 1 N–H and O–H groups in total. The first-order valence-electron chi connectivity index (χ1n) is 6.88. The van der Waals surface area contributed by atoms with Crippen molar-refractivity contribution in [3.63, 3.8) is 0 Å². The van der Waals surface area contributed by atoms with Crippen LogP contribution in [0.15, 0.2) is 0 Å². The van der Waals surface area contributed by atoms with E-state index >= 15 is 0 Å². The molecule has 2 atom stereocenters. The highest BCUT2D eigenvalue weighted by molar-refractivity contribution is 5.76. The largest absolute Gasteiger partial charge is 0.466 e. The van der Waals surface area contributed by atoms with Crippen LogP contribution in [0.1, 0.15) is 20.8 Å². The summed E-state index contributed by atoms with van der Waals surface area (Å²) in [6.45, 7) is 8.78. The van der Waals surface area contributed by atoms with Crippen LogP contribution in [0.2, 0.25) is 0 Å². The second-order valence-corrected chi connectivity index (χ2v) is 4.62. The molecule has 0 spiro atoms. The van der Waals surface area contributed by atoms with Gasteiger partial charge in [-0.3, -0.25) is 14.5 Å². The Morgan fingerprint density at radius 1 is 1.32 bits per heavy atom. The molecule has 1 aliphatic heterocycles. The summed E-state index contributed by atoms with van der Waals surface area (Å²) < 4.78 is 10.1. The molecule has 1 saturated heterocycles. The Balaban J connectivity index is 2.57. The number of esters is 2. The van der Waals surface area contributed by atoms with Crippen molar-refractivity contribution in [3.05, 3.63) is 0 Å². The minimum Gasteiger partial charge on any atom is -0.466 e. The fourth-order valence-corrected chi connectivity index (χ4v) is 2.15. The number of rotatable bonds is 6. The zero-order chi connectivity index (χ0) is 14.3. The summed E-state index contributed by atoms with van der Waals surface area (Å²) in [7, 11) is 0. The van der Waals surface area contributed by atoms with Crippen LogP contribution in [0.4, 0.5) is 0 Å². The smallest absolute Gasteiger partial charge is 0.324 e. The Kier molecular flexibility index (Phi) is 6.80. The zero-order valence-electron chi connectivity index (χ0n) is 12.0. The van der Waals surface area contributed by atoms with E-state index in [-0.39, 0.29) is 23.9 Å². The molecule has 110 valence electrons. The summed E-state index contributed by atoms with van der Waals surface area (Å²) >= 11 is 0. The Morgan fingerprint density at radius 3 is 2.63 bits per heavy atom. The van der Waals surface area contributed by atoms with Gasteiger partial charge in [-0.15, -0.1) is 0 Å². The summed E-state index contributed by atoms with van der Waals surface area (Å²) in [5.41, 5.74) is 0. The number of nitrogens with zero attached hydrogens (tertiary/aromatic N) is 1. The Morgan fingerprint density at radius 2 is 2.00 bits per heavy atom. The predicted octanol–water partition coefficient (Wildman–Crippen LogP) is 0.0225. The first-order valence-corrected chi connectivity index (χ1v) is 6.88. The van der Waals surface area contributed by atoms with Crippen molar-refractivity contribution >= 4 is 11.9 Å². The highest BCUT2D eigenvalue weighted by atomic mass is 16.5. The van der Waals surface area contributed by atoms with Gasteiger partial charge in [0.25, 0.3) is 0 Å². The summed E-state index contributed by atoms with van der Waals surface area (Å²) in [6.07, 6.45) is 0. The van der Waals surface area contributed by atoms with E-state index in [2.05, 4.69) is 5.32 Å². The van der Waals surface area contributed by atoms with E-state index in [1.165, 1.54) is 0 Å². The SMILES string of the molecule is CCOC(=O)C(C)CN1CCNCC1C(=O)OCC. The molecule has 1 heterocycles. The summed E-state index contributed by atoms with van der Waals surface area (Å²) in [5, 5.41) is 3.17. The lowest BCUT2D eigenvalue weighted by atomic mass is 10.1. The molecule has 0 aliphatic carbocycles. The Bertz CT molecular complexity index is 309. The average Bonchev–Trinajstić information content (AvgIpc) is 2.39. The monoisotopic (exact) mass is 272 g/mol. The van der Waals surface area contributed by atoms with E-state index in [1.807, 2.05) is 11.8 Å². The minimum absolute atomic E-state index is 0.219. The summed E-state index contributed by atoms with van der Waals surface area (Å²) in [6, 6.07) is -0.314. The highest BCUT2D eigenvalue weighted by Crippen LogP contribution is 2.10. The molecule has 1 rings (SSSR count). The van der Waals surface area contributed by atoms with Gasteiger partial charge in [0.05, 0.1) is 19.1 Å². The zero-order valence-corrected chi connectivity index (χ0v) is 12.0. The van der Waals surface area contributed by atoms with Crippen LogP contribution in [0, 0.1) is 5.92 Å². The number of hydrogen-bond acceptors (Lipinski definition) is 6. The van der Waals surface area contributed by atoms with Gasteiger partial charge < -0.3 is 14.8 Å². The van der Waals surface area contributed by atoms with Crippen LogP contribution in [0.25, 0.3) is 0 Å². The maximum absolute atomic E-state index is 11.9. The topological polar surface area (TPSA) is 67.9 Å². The molecule has 0 amide bonds. The molecular weight excluding hydrogens is 248 g/mol. The van der Waals surface area contributed by atoms with Crippen molar-refractivity contribution in [1.29, 1.82) is 0 Å². The third-order valence-electron chi connectivity index (χ3n) is 3.11. The van der Waals surface area contributed by atoms with Crippen LogP contribution in [-0.4, -0.2) is 62.3 Å². The number of piperazine rings is 1. The summed E-state index contributed by atoms with van der Waals surface area (Å²) in [4.78, 5) is 25.5. The molecule has 0 saturated carbocycles. The van der Waals surface area contributed by atoms with Gasteiger partial charge in [-0.05, 0) is 13.8 Å². The molecule has 0 aromatic carbocycles. The maximum Gasteiger partial charge on any atom is 0.324 e. The minimum atomic E-state index is -0.314. The van der Waals surface area contributed by atoms with E-state index < -0.39 is 0 Å². The first kappa shape index (κ1) is 15.9. The third-order valence-corrected chi connectivity index (χ3v) is 3.11. The number of carbonyl (C=O) groups excluding carboxylic acids is 2. The van der Waals surface area contributed by atoms with Gasteiger partial charge in [0, 0.05) is 26.2 Å².